The van der Waals surface area contributed by atoms with E-state index >= 15 is 0 Å². The fourth-order valence-electron chi connectivity index (χ4n) is 1.10. The standard InChI is InChI=1S/C9H8FN3O/c10-6-1-3-7(4-2-6)12-9-8(14)5-11-13-9/h1-4,11H,5H2,(H,12,13). The van der Waals surface area contributed by atoms with E-state index in [4.69, 9.17) is 0 Å². The van der Waals surface area contributed by atoms with E-state index in [0.717, 1.165) is 0 Å². The van der Waals surface area contributed by atoms with E-state index < -0.39 is 0 Å². The van der Waals surface area contributed by atoms with Gasteiger partial charge in [0.2, 0.25) is 5.78 Å². The number of rotatable bonds is 1. The van der Waals surface area contributed by atoms with Gasteiger partial charge in [0.05, 0.1) is 12.2 Å². The van der Waals surface area contributed by atoms with Gasteiger partial charge < -0.3 is 5.43 Å². The monoisotopic (exact) mass is 193 g/mol. The Morgan fingerprint density at radius 1 is 1.29 bits per heavy atom. The second-order valence-corrected chi connectivity index (χ2v) is 2.84. The molecule has 1 aromatic rings. The highest BCUT2D eigenvalue weighted by molar-refractivity contribution is 6.41. The molecule has 1 aliphatic heterocycles. The number of benzene rings is 1. The van der Waals surface area contributed by atoms with Crippen molar-refractivity contribution in [1.82, 2.24) is 10.9 Å². The Kier molecular flexibility index (Phi) is 2.24. The van der Waals surface area contributed by atoms with Crippen LogP contribution in [0.2, 0.25) is 0 Å². The zero-order chi connectivity index (χ0) is 9.97. The lowest BCUT2D eigenvalue weighted by molar-refractivity contribution is -0.111. The minimum absolute atomic E-state index is 0.102. The van der Waals surface area contributed by atoms with Crippen LogP contribution in [0.5, 0.6) is 0 Å². The highest BCUT2D eigenvalue weighted by Crippen LogP contribution is 2.12. The summed E-state index contributed by atoms with van der Waals surface area (Å²) in [4.78, 5) is 15.1. The zero-order valence-corrected chi connectivity index (χ0v) is 7.25. The molecule has 0 atom stereocenters. The van der Waals surface area contributed by atoms with Crippen molar-refractivity contribution in [2.24, 2.45) is 4.99 Å². The van der Waals surface area contributed by atoms with Crippen molar-refractivity contribution in [3.8, 4) is 0 Å². The number of hydrogen-bond acceptors (Lipinski definition) is 3. The molecule has 4 nitrogen and oxygen atoms in total. The van der Waals surface area contributed by atoms with Crippen LogP contribution in [0.4, 0.5) is 10.1 Å². The Morgan fingerprint density at radius 2 is 2.00 bits per heavy atom. The molecule has 14 heavy (non-hydrogen) atoms. The molecule has 0 amide bonds. The van der Waals surface area contributed by atoms with Crippen molar-refractivity contribution >= 4 is 17.3 Å². The summed E-state index contributed by atoms with van der Waals surface area (Å²) in [6, 6.07) is 5.61. The topological polar surface area (TPSA) is 53.5 Å². The fourth-order valence-corrected chi connectivity index (χ4v) is 1.10. The van der Waals surface area contributed by atoms with Gasteiger partial charge in [0.25, 0.3) is 0 Å². The zero-order valence-electron chi connectivity index (χ0n) is 7.25. The van der Waals surface area contributed by atoms with E-state index in [-0.39, 0.29) is 24.0 Å². The molecule has 2 rings (SSSR count). The largest absolute Gasteiger partial charge is 0.302 e. The maximum Gasteiger partial charge on any atom is 0.214 e. The van der Waals surface area contributed by atoms with Crippen LogP contribution in [-0.4, -0.2) is 18.2 Å². The Balaban J connectivity index is 2.24. The predicted molar refractivity (Wildman–Crippen MR) is 49.6 cm³/mol. The lowest BCUT2D eigenvalue weighted by Gasteiger charge is -1.96. The third-order valence-electron chi connectivity index (χ3n) is 1.79. The summed E-state index contributed by atoms with van der Waals surface area (Å²) >= 11 is 0. The van der Waals surface area contributed by atoms with E-state index in [0.29, 0.717) is 5.69 Å². The number of Topliss-reactive ketones (excluding diaryl/α,β-unsaturated/α-hetero) is 1. The van der Waals surface area contributed by atoms with Crippen molar-refractivity contribution in [3.05, 3.63) is 30.1 Å². The quantitative estimate of drug-likeness (QED) is 0.684. The first kappa shape index (κ1) is 8.83. The molecular weight excluding hydrogens is 185 g/mol. The van der Waals surface area contributed by atoms with Crippen LogP contribution in [-0.2, 0) is 4.79 Å². The van der Waals surface area contributed by atoms with Crippen molar-refractivity contribution in [1.29, 1.82) is 0 Å². The van der Waals surface area contributed by atoms with Gasteiger partial charge in [-0.1, -0.05) is 0 Å². The summed E-state index contributed by atoms with van der Waals surface area (Å²) in [5.74, 6) is -0.163. The van der Waals surface area contributed by atoms with E-state index in [1.54, 1.807) is 0 Å². The number of amidine groups is 1. The molecule has 5 heteroatoms. The summed E-state index contributed by atoms with van der Waals surface area (Å²) in [7, 11) is 0. The van der Waals surface area contributed by atoms with Crippen LogP contribution >= 0.6 is 0 Å². The molecular formula is C9H8FN3O. The average Bonchev–Trinajstić information content (AvgIpc) is 2.56. The van der Waals surface area contributed by atoms with E-state index in [9.17, 15) is 9.18 Å². The highest BCUT2D eigenvalue weighted by Gasteiger charge is 2.17. The van der Waals surface area contributed by atoms with E-state index in [1.165, 1.54) is 24.3 Å². The number of nitrogens with zero attached hydrogens (tertiary/aromatic N) is 1. The number of aliphatic imine (C=N–C) groups is 1. The number of halogens is 1. The van der Waals surface area contributed by atoms with Crippen LogP contribution in [0.15, 0.2) is 29.3 Å². The van der Waals surface area contributed by atoms with E-state index in [2.05, 4.69) is 15.8 Å². The van der Waals surface area contributed by atoms with Gasteiger partial charge in [0.15, 0.2) is 5.84 Å². The number of hydrogen-bond donors (Lipinski definition) is 2. The molecule has 0 bridgehead atoms. The van der Waals surface area contributed by atoms with Crippen molar-refractivity contribution in [2.75, 3.05) is 6.54 Å². The van der Waals surface area contributed by atoms with Crippen LogP contribution < -0.4 is 10.9 Å². The normalized spacial score (nSPS) is 18.6. The molecule has 2 N–H and O–H groups in total. The number of nitrogens with one attached hydrogen (secondary N) is 2. The Hall–Kier alpha value is -1.75. The van der Waals surface area contributed by atoms with Crippen molar-refractivity contribution in [3.63, 3.8) is 0 Å². The molecule has 1 saturated heterocycles. The predicted octanol–water partition coefficient (Wildman–Crippen LogP) is 0.533. The minimum Gasteiger partial charge on any atom is -0.302 e. The number of hydrazine groups is 1. The summed E-state index contributed by atoms with van der Waals surface area (Å²) in [5.41, 5.74) is 5.82. The molecule has 1 heterocycles. The van der Waals surface area contributed by atoms with Crippen LogP contribution in [0.1, 0.15) is 0 Å². The molecule has 0 spiro atoms. The van der Waals surface area contributed by atoms with Crippen LogP contribution in [0, 0.1) is 5.82 Å². The van der Waals surface area contributed by atoms with Gasteiger partial charge in [-0.3, -0.25) is 4.79 Å². The molecule has 0 aliphatic carbocycles. The fraction of sp³-hybridized carbons (Fsp3) is 0.111. The van der Waals surface area contributed by atoms with Crippen LogP contribution in [0.25, 0.3) is 0 Å². The third kappa shape index (κ3) is 1.77. The molecule has 0 saturated carbocycles. The minimum atomic E-state index is -0.321. The van der Waals surface area contributed by atoms with Gasteiger partial charge in [0, 0.05) is 0 Å². The van der Waals surface area contributed by atoms with E-state index in [1.807, 2.05) is 0 Å². The Bertz CT molecular complexity index is 386. The Morgan fingerprint density at radius 3 is 2.57 bits per heavy atom. The van der Waals surface area contributed by atoms with Crippen molar-refractivity contribution < 1.29 is 9.18 Å². The molecule has 1 aromatic carbocycles. The van der Waals surface area contributed by atoms with Gasteiger partial charge in [-0.05, 0) is 24.3 Å². The molecule has 0 aromatic heterocycles. The van der Waals surface area contributed by atoms with Crippen LogP contribution in [0.3, 0.4) is 0 Å². The summed E-state index contributed by atoms with van der Waals surface area (Å²) in [5, 5.41) is 0. The molecule has 1 fully saturated rings. The molecule has 0 unspecified atom stereocenters. The lowest BCUT2D eigenvalue weighted by atomic mass is 10.3. The summed E-state index contributed by atoms with van der Waals surface area (Å²) < 4.78 is 12.5. The number of carbonyl (C=O) groups is 1. The smallest absolute Gasteiger partial charge is 0.214 e. The highest BCUT2D eigenvalue weighted by atomic mass is 19.1. The molecule has 72 valence electrons. The third-order valence-corrected chi connectivity index (χ3v) is 1.79. The summed E-state index contributed by atoms with van der Waals surface area (Å²) in [6.45, 7) is 0.236. The first-order valence-electron chi connectivity index (χ1n) is 4.12. The first-order chi connectivity index (χ1) is 6.75. The number of ketones is 1. The maximum atomic E-state index is 12.5. The number of carbonyl (C=O) groups excluding carboxylic acids is 1. The van der Waals surface area contributed by atoms with Gasteiger partial charge >= 0.3 is 0 Å². The lowest BCUT2D eigenvalue weighted by Crippen LogP contribution is -2.26. The molecule has 1 aliphatic rings. The van der Waals surface area contributed by atoms with Gasteiger partial charge in [-0.25, -0.2) is 14.8 Å². The Labute approximate surface area is 79.8 Å². The second-order valence-electron chi connectivity index (χ2n) is 2.84. The SMILES string of the molecule is O=C1CNNC1=Nc1ccc(F)cc1. The second kappa shape index (κ2) is 3.55. The van der Waals surface area contributed by atoms with Crippen molar-refractivity contribution in [2.45, 2.75) is 0 Å². The maximum absolute atomic E-state index is 12.5. The first-order valence-corrected chi connectivity index (χ1v) is 4.12. The average molecular weight is 193 g/mol. The van der Waals surface area contributed by atoms with Gasteiger partial charge in [0.1, 0.15) is 5.82 Å². The van der Waals surface area contributed by atoms with Gasteiger partial charge in [-0.2, -0.15) is 0 Å². The summed E-state index contributed by atoms with van der Waals surface area (Å²) in [6.07, 6.45) is 0. The van der Waals surface area contributed by atoms with Gasteiger partial charge in [-0.15, -0.1) is 0 Å². The molecule has 0 radical (unpaired) electrons.